The highest BCUT2D eigenvalue weighted by Gasteiger charge is 2.30. The molecule has 1 aromatic carbocycles. The fraction of sp³-hybridized carbons (Fsp3) is 0.471. The summed E-state index contributed by atoms with van der Waals surface area (Å²) in [5, 5.41) is 7.80. The van der Waals surface area contributed by atoms with Gasteiger partial charge >= 0.3 is 0 Å². The first-order valence-corrected chi connectivity index (χ1v) is 10.3. The first-order valence-electron chi connectivity index (χ1n) is 8.89. The summed E-state index contributed by atoms with van der Waals surface area (Å²) in [6.45, 7) is 2.70. The summed E-state index contributed by atoms with van der Waals surface area (Å²) in [5.41, 5.74) is 0.482. The van der Waals surface area contributed by atoms with E-state index in [4.69, 9.17) is 4.74 Å². The predicted octanol–water partition coefficient (Wildman–Crippen LogP) is 0.386. The fourth-order valence-electron chi connectivity index (χ4n) is 3.44. The summed E-state index contributed by atoms with van der Waals surface area (Å²) in [6, 6.07) is 6.29. The van der Waals surface area contributed by atoms with Crippen molar-refractivity contribution in [1.82, 2.24) is 24.2 Å². The Morgan fingerprint density at radius 1 is 1.11 bits per heavy atom. The van der Waals surface area contributed by atoms with Crippen molar-refractivity contribution < 1.29 is 17.9 Å². The number of hydrogen-bond donors (Lipinski definition) is 0. The Morgan fingerprint density at radius 3 is 2.52 bits per heavy atom. The average molecular weight is 391 g/mol. The molecule has 1 unspecified atom stereocenters. The number of rotatable bonds is 4. The lowest BCUT2D eigenvalue weighted by Crippen LogP contribution is -2.40. The second-order valence-corrected chi connectivity index (χ2v) is 8.56. The van der Waals surface area contributed by atoms with Gasteiger partial charge in [0.25, 0.3) is 5.91 Å². The summed E-state index contributed by atoms with van der Waals surface area (Å²) in [5.74, 6) is -0.104. The van der Waals surface area contributed by atoms with E-state index in [0.717, 1.165) is 6.42 Å². The van der Waals surface area contributed by atoms with E-state index in [9.17, 15) is 13.2 Å². The molecule has 1 atom stereocenters. The van der Waals surface area contributed by atoms with Crippen LogP contribution in [0.15, 0.2) is 41.6 Å². The molecule has 2 aliphatic heterocycles. The van der Waals surface area contributed by atoms with Crippen LogP contribution in [0.25, 0.3) is 0 Å². The zero-order chi connectivity index (χ0) is 18.9. The fourth-order valence-corrected chi connectivity index (χ4v) is 4.85. The molecule has 2 saturated heterocycles. The molecule has 10 heteroatoms. The first kappa shape index (κ1) is 18.1. The molecule has 0 radical (unpaired) electrons. The molecule has 0 aliphatic carbocycles. The standard InChI is InChI=1S/C17H21N5O4S/c23-17(20-7-5-15(13-20)22-8-6-18-19-22)14-1-3-16(4-2-14)27(24,25)21-9-11-26-12-10-21/h1-4,6,8,15H,5,7,9-13H2. The van der Waals surface area contributed by atoms with Crippen molar-refractivity contribution in [1.29, 1.82) is 0 Å². The third-order valence-corrected chi connectivity index (χ3v) is 6.89. The number of morpholine rings is 1. The number of ether oxygens (including phenoxy) is 1. The molecule has 3 heterocycles. The number of sulfonamides is 1. The number of benzene rings is 1. The van der Waals surface area contributed by atoms with Gasteiger partial charge in [0.1, 0.15) is 0 Å². The molecule has 9 nitrogen and oxygen atoms in total. The quantitative estimate of drug-likeness (QED) is 0.748. The van der Waals surface area contributed by atoms with Crippen LogP contribution in [0.5, 0.6) is 0 Å². The van der Waals surface area contributed by atoms with Gasteiger partial charge in [-0.15, -0.1) is 5.10 Å². The number of likely N-dealkylation sites (tertiary alicyclic amines) is 1. The Kier molecular flexibility index (Phi) is 4.94. The van der Waals surface area contributed by atoms with Crippen molar-refractivity contribution >= 4 is 15.9 Å². The zero-order valence-corrected chi connectivity index (χ0v) is 15.6. The van der Waals surface area contributed by atoms with E-state index in [1.54, 1.807) is 34.1 Å². The van der Waals surface area contributed by atoms with E-state index in [0.29, 0.717) is 45.0 Å². The molecule has 4 rings (SSSR count). The molecule has 0 bridgehead atoms. The second-order valence-electron chi connectivity index (χ2n) is 6.62. The lowest BCUT2D eigenvalue weighted by Gasteiger charge is -2.26. The number of carbonyl (C=O) groups is 1. The van der Waals surface area contributed by atoms with Gasteiger partial charge in [0.05, 0.1) is 30.3 Å². The van der Waals surface area contributed by atoms with Gasteiger partial charge in [0.15, 0.2) is 0 Å². The molecule has 27 heavy (non-hydrogen) atoms. The number of nitrogens with zero attached hydrogens (tertiary/aromatic N) is 5. The van der Waals surface area contributed by atoms with Crippen LogP contribution in [0, 0.1) is 0 Å². The normalized spacial score (nSPS) is 21.5. The molecule has 0 N–H and O–H groups in total. The smallest absolute Gasteiger partial charge is 0.253 e. The van der Waals surface area contributed by atoms with Crippen molar-refractivity contribution in [2.75, 3.05) is 39.4 Å². The van der Waals surface area contributed by atoms with Gasteiger partial charge in [-0.25, -0.2) is 13.1 Å². The Morgan fingerprint density at radius 2 is 1.85 bits per heavy atom. The predicted molar refractivity (Wildman–Crippen MR) is 95.6 cm³/mol. The van der Waals surface area contributed by atoms with Crippen LogP contribution >= 0.6 is 0 Å². The molecule has 0 saturated carbocycles. The summed E-state index contributed by atoms with van der Waals surface area (Å²) in [7, 11) is -3.55. The van der Waals surface area contributed by atoms with Crippen LogP contribution in [-0.4, -0.2) is 77.9 Å². The highest BCUT2D eigenvalue weighted by molar-refractivity contribution is 7.89. The highest BCUT2D eigenvalue weighted by atomic mass is 32.2. The van der Waals surface area contributed by atoms with Crippen LogP contribution < -0.4 is 0 Å². The lowest BCUT2D eigenvalue weighted by molar-refractivity contribution is 0.0730. The van der Waals surface area contributed by atoms with E-state index in [1.807, 2.05) is 0 Å². The van der Waals surface area contributed by atoms with Crippen molar-refractivity contribution in [2.45, 2.75) is 17.4 Å². The van der Waals surface area contributed by atoms with Crippen LogP contribution in [0.2, 0.25) is 0 Å². The number of carbonyl (C=O) groups excluding carboxylic acids is 1. The lowest BCUT2D eigenvalue weighted by atomic mass is 10.2. The van der Waals surface area contributed by atoms with E-state index < -0.39 is 10.0 Å². The van der Waals surface area contributed by atoms with Gasteiger partial charge in [-0.3, -0.25) is 4.79 Å². The molecular weight excluding hydrogens is 370 g/mol. The minimum atomic E-state index is -3.55. The van der Waals surface area contributed by atoms with Gasteiger partial charge in [0.2, 0.25) is 10.0 Å². The van der Waals surface area contributed by atoms with Gasteiger partial charge in [-0.2, -0.15) is 4.31 Å². The largest absolute Gasteiger partial charge is 0.379 e. The number of hydrogen-bond acceptors (Lipinski definition) is 6. The summed E-state index contributed by atoms with van der Waals surface area (Å²) < 4.78 is 33.7. The molecular formula is C17H21N5O4S. The molecule has 1 aromatic heterocycles. The topological polar surface area (TPSA) is 97.6 Å². The van der Waals surface area contributed by atoms with E-state index in [2.05, 4.69) is 10.3 Å². The third-order valence-electron chi connectivity index (χ3n) is 4.97. The first-order chi connectivity index (χ1) is 13.1. The van der Waals surface area contributed by atoms with Crippen LogP contribution in [-0.2, 0) is 14.8 Å². The summed E-state index contributed by atoms with van der Waals surface area (Å²) in [6.07, 6.45) is 4.24. The third kappa shape index (κ3) is 3.60. The molecule has 144 valence electrons. The minimum absolute atomic E-state index is 0.104. The Hall–Kier alpha value is -2.30. The molecule has 2 aromatic rings. The monoisotopic (exact) mass is 391 g/mol. The van der Waals surface area contributed by atoms with Crippen molar-refractivity contribution in [3.05, 3.63) is 42.2 Å². The average Bonchev–Trinajstić information content (AvgIpc) is 3.40. The second kappa shape index (κ2) is 7.37. The SMILES string of the molecule is O=C(c1ccc(S(=O)(=O)N2CCOCC2)cc1)N1CCC(n2ccnn2)C1. The van der Waals surface area contributed by atoms with Crippen LogP contribution in [0.1, 0.15) is 22.8 Å². The van der Waals surface area contributed by atoms with Gasteiger partial charge in [-0.05, 0) is 30.7 Å². The van der Waals surface area contributed by atoms with Gasteiger partial charge in [-0.1, -0.05) is 5.21 Å². The Balaban J connectivity index is 1.45. The maximum atomic E-state index is 12.7. The highest BCUT2D eigenvalue weighted by Crippen LogP contribution is 2.23. The molecule has 2 aliphatic rings. The maximum absolute atomic E-state index is 12.7. The number of amides is 1. The van der Waals surface area contributed by atoms with Crippen LogP contribution in [0.4, 0.5) is 0 Å². The van der Waals surface area contributed by atoms with Crippen molar-refractivity contribution in [3.63, 3.8) is 0 Å². The van der Waals surface area contributed by atoms with E-state index in [1.165, 1.54) is 16.4 Å². The zero-order valence-electron chi connectivity index (χ0n) is 14.8. The van der Waals surface area contributed by atoms with Gasteiger partial charge in [0, 0.05) is 37.9 Å². The minimum Gasteiger partial charge on any atom is -0.379 e. The van der Waals surface area contributed by atoms with Crippen molar-refractivity contribution in [3.8, 4) is 0 Å². The summed E-state index contributed by atoms with van der Waals surface area (Å²) >= 11 is 0. The molecule has 1 amide bonds. The summed E-state index contributed by atoms with van der Waals surface area (Å²) in [4.78, 5) is 14.7. The van der Waals surface area contributed by atoms with E-state index >= 15 is 0 Å². The maximum Gasteiger partial charge on any atom is 0.253 e. The van der Waals surface area contributed by atoms with Crippen molar-refractivity contribution in [2.24, 2.45) is 0 Å². The van der Waals surface area contributed by atoms with Gasteiger partial charge < -0.3 is 9.64 Å². The molecule has 0 spiro atoms. The van der Waals surface area contributed by atoms with Crippen LogP contribution in [0.3, 0.4) is 0 Å². The Bertz CT molecular complexity index is 892. The Labute approximate surface area is 157 Å². The number of aromatic nitrogens is 3. The molecule has 2 fully saturated rings. The van der Waals surface area contributed by atoms with E-state index in [-0.39, 0.29) is 16.8 Å².